The quantitative estimate of drug-likeness (QED) is 0.810. The molecular weight excluding hydrogens is 378 g/mol. The van der Waals surface area contributed by atoms with Crippen molar-refractivity contribution in [2.75, 3.05) is 37.6 Å². The van der Waals surface area contributed by atoms with Crippen molar-refractivity contribution in [1.82, 2.24) is 14.6 Å². The summed E-state index contributed by atoms with van der Waals surface area (Å²) in [6.45, 7) is 4.15. The fourth-order valence-corrected chi connectivity index (χ4v) is 4.13. The summed E-state index contributed by atoms with van der Waals surface area (Å²) in [6, 6.07) is 11.5. The van der Waals surface area contributed by atoms with Gasteiger partial charge in [-0.3, -0.25) is 4.79 Å². The molecule has 0 radical (unpaired) electrons. The minimum Gasteiger partial charge on any atom is -0.352 e. The third-order valence-electron chi connectivity index (χ3n) is 4.52. The van der Waals surface area contributed by atoms with Crippen LogP contribution in [0.25, 0.3) is 0 Å². The molecule has 2 heterocycles. The summed E-state index contributed by atoms with van der Waals surface area (Å²) >= 11 is 0. The SMILES string of the molecule is CCNS(=O)(=O)c1ccc(C(=O)N2CCN(c3ncccc3C#N)CC2)cc1. The van der Waals surface area contributed by atoms with E-state index in [2.05, 4.69) is 15.8 Å². The predicted octanol–water partition coefficient (Wildman–Crippen LogP) is 1.21. The van der Waals surface area contributed by atoms with Crippen molar-refractivity contribution in [3.05, 3.63) is 53.7 Å². The van der Waals surface area contributed by atoms with Gasteiger partial charge >= 0.3 is 0 Å². The Bertz CT molecular complexity index is 991. The molecule has 1 aromatic heterocycles. The predicted molar refractivity (Wildman–Crippen MR) is 104 cm³/mol. The summed E-state index contributed by atoms with van der Waals surface area (Å²) in [5, 5.41) is 9.22. The van der Waals surface area contributed by atoms with Crippen LogP contribution in [0.1, 0.15) is 22.8 Å². The number of sulfonamides is 1. The number of piperazine rings is 1. The van der Waals surface area contributed by atoms with E-state index >= 15 is 0 Å². The van der Waals surface area contributed by atoms with Crippen LogP contribution in [0.2, 0.25) is 0 Å². The second-order valence-corrected chi connectivity index (χ2v) is 8.06. The number of nitrogens with zero attached hydrogens (tertiary/aromatic N) is 4. The highest BCUT2D eigenvalue weighted by Gasteiger charge is 2.24. The number of nitrogens with one attached hydrogen (secondary N) is 1. The second-order valence-electron chi connectivity index (χ2n) is 6.29. The Labute approximate surface area is 164 Å². The van der Waals surface area contributed by atoms with Crippen LogP contribution in [0.15, 0.2) is 47.5 Å². The van der Waals surface area contributed by atoms with Crippen LogP contribution in [0, 0.1) is 11.3 Å². The molecule has 146 valence electrons. The molecule has 1 amide bonds. The third kappa shape index (κ3) is 4.13. The average molecular weight is 399 g/mol. The van der Waals surface area contributed by atoms with Crippen molar-refractivity contribution in [2.45, 2.75) is 11.8 Å². The van der Waals surface area contributed by atoms with E-state index in [0.717, 1.165) is 0 Å². The number of nitriles is 1. The fourth-order valence-electron chi connectivity index (χ4n) is 3.09. The summed E-state index contributed by atoms with van der Waals surface area (Å²) in [5.41, 5.74) is 0.958. The Hall–Kier alpha value is -2.96. The number of hydrogen-bond donors (Lipinski definition) is 1. The van der Waals surface area contributed by atoms with Gasteiger partial charge in [-0.05, 0) is 36.4 Å². The van der Waals surface area contributed by atoms with Gasteiger partial charge in [0, 0.05) is 44.5 Å². The highest BCUT2D eigenvalue weighted by atomic mass is 32.2. The lowest BCUT2D eigenvalue weighted by atomic mass is 10.1. The number of carbonyl (C=O) groups is 1. The van der Waals surface area contributed by atoms with Crippen LogP contribution >= 0.6 is 0 Å². The molecule has 2 aromatic rings. The molecule has 0 unspecified atom stereocenters. The second kappa shape index (κ2) is 8.37. The molecule has 0 bridgehead atoms. The van der Waals surface area contributed by atoms with Crippen molar-refractivity contribution >= 4 is 21.7 Å². The first-order valence-corrected chi connectivity index (χ1v) is 10.4. The summed E-state index contributed by atoms with van der Waals surface area (Å²) < 4.78 is 26.4. The largest absolute Gasteiger partial charge is 0.352 e. The standard InChI is InChI=1S/C19H21N5O3S/c1-2-22-28(26,27)17-7-5-15(6-8-17)19(25)24-12-10-23(11-13-24)18-16(14-20)4-3-9-21-18/h3-9,22H,2,10-13H2,1H3. The van der Waals surface area contributed by atoms with Crippen molar-refractivity contribution < 1.29 is 13.2 Å². The van der Waals surface area contributed by atoms with E-state index in [4.69, 9.17) is 0 Å². The Morgan fingerprint density at radius 2 is 1.86 bits per heavy atom. The fraction of sp³-hybridized carbons (Fsp3) is 0.316. The molecule has 1 aliphatic heterocycles. The zero-order valence-corrected chi connectivity index (χ0v) is 16.3. The highest BCUT2D eigenvalue weighted by molar-refractivity contribution is 7.89. The van der Waals surface area contributed by atoms with E-state index in [-0.39, 0.29) is 10.8 Å². The molecule has 3 rings (SSSR count). The van der Waals surface area contributed by atoms with E-state index in [9.17, 15) is 18.5 Å². The number of anilines is 1. The summed E-state index contributed by atoms with van der Waals surface area (Å²) in [4.78, 5) is 20.9. The van der Waals surface area contributed by atoms with Crippen LogP contribution in [0.5, 0.6) is 0 Å². The first-order chi connectivity index (χ1) is 13.5. The van der Waals surface area contributed by atoms with Crippen molar-refractivity contribution in [3.8, 4) is 6.07 Å². The molecule has 8 nitrogen and oxygen atoms in total. The van der Waals surface area contributed by atoms with Crippen molar-refractivity contribution in [1.29, 1.82) is 5.26 Å². The maximum Gasteiger partial charge on any atom is 0.253 e. The zero-order chi connectivity index (χ0) is 20.1. The maximum atomic E-state index is 12.7. The number of hydrogen-bond acceptors (Lipinski definition) is 6. The molecule has 1 saturated heterocycles. The zero-order valence-electron chi connectivity index (χ0n) is 15.5. The number of amides is 1. The van der Waals surface area contributed by atoms with E-state index in [0.29, 0.717) is 49.7 Å². The molecule has 9 heteroatoms. The normalized spacial score (nSPS) is 14.6. The Morgan fingerprint density at radius 1 is 1.18 bits per heavy atom. The van der Waals surface area contributed by atoms with Gasteiger partial charge in [-0.25, -0.2) is 18.1 Å². The van der Waals surface area contributed by atoms with Crippen LogP contribution in [0.3, 0.4) is 0 Å². The summed E-state index contributed by atoms with van der Waals surface area (Å²) in [5.74, 6) is 0.489. The van der Waals surface area contributed by atoms with Crippen LogP contribution in [-0.2, 0) is 10.0 Å². The van der Waals surface area contributed by atoms with E-state index in [1.165, 1.54) is 24.3 Å². The lowest BCUT2D eigenvalue weighted by Crippen LogP contribution is -2.49. The number of rotatable bonds is 5. The molecule has 1 aromatic carbocycles. The van der Waals surface area contributed by atoms with Gasteiger partial charge in [0.05, 0.1) is 10.5 Å². The highest BCUT2D eigenvalue weighted by Crippen LogP contribution is 2.19. The van der Waals surface area contributed by atoms with Gasteiger partial charge in [0.25, 0.3) is 5.91 Å². The van der Waals surface area contributed by atoms with E-state index in [1.54, 1.807) is 30.2 Å². The van der Waals surface area contributed by atoms with Gasteiger partial charge in [-0.1, -0.05) is 6.92 Å². The number of carbonyl (C=O) groups excluding carboxylic acids is 1. The molecule has 1 aliphatic rings. The molecule has 0 aliphatic carbocycles. The monoisotopic (exact) mass is 399 g/mol. The number of benzene rings is 1. The van der Waals surface area contributed by atoms with E-state index < -0.39 is 10.0 Å². The smallest absolute Gasteiger partial charge is 0.253 e. The Kier molecular flexibility index (Phi) is 5.92. The molecule has 0 saturated carbocycles. The van der Waals surface area contributed by atoms with Gasteiger partial charge in [-0.15, -0.1) is 0 Å². The minimum absolute atomic E-state index is 0.134. The van der Waals surface area contributed by atoms with Gasteiger partial charge in [0.1, 0.15) is 11.9 Å². The average Bonchev–Trinajstić information content (AvgIpc) is 2.73. The number of aromatic nitrogens is 1. The minimum atomic E-state index is -3.54. The van der Waals surface area contributed by atoms with Crippen LogP contribution in [-0.4, -0.2) is 56.9 Å². The Morgan fingerprint density at radius 3 is 2.46 bits per heavy atom. The first-order valence-electron chi connectivity index (χ1n) is 8.95. The molecular formula is C19H21N5O3S. The van der Waals surface area contributed by atoms with Gasteiger partial charge in [-0.2, -0.15) is 5.26 Å². The topological polar surface area (TPSA) is 106 Å². The third-order valence-corrected chi connectivity index (χ3v) is 6.08. The first kappa shape index (κ1) is 19.8. The van der Waals surface area contributed by atoms with Crippen molar-refractivity contribution in [3.63, 3.8) is 0 Å². The van der Waals surface area contributed by atoms with Crippen LogP contribution < -0.4 is 9.62 Å². The van der Waals surface area contributed by atoms with Gasteiger partial charge in [0.2, 0.25) is 10.0 Å². The van der Waals surface area contributed by atoms with Crippen molar-refractivity contribution in [2.24, 2.45) is 0 Å². The molecule has 28 heavy (non-hydrogen) atoms. The van der Waals surface area contributed by atoms with Gasteiger partial charge in [0.15, 0.2) is 0 Å². The molecule has 0 atom stereocenters. The van der Waals surface area contributed by atoms with Crippen LogP contribution in [0.4, 0.5) is 5.82 Å². The summed E-state index contributed by atoms with van der Waals surface area (Å²) in [7, 11) is -3.54. The maximum absolute atomic E-state index is 12.7. The number of pyridine rings is 1. The van der Waals surface area contributed by atoms with E-state index in [1.807, 2.05) is 4.90 Å². The lowest BCUT2D eigenvalue weighted by Gasteiger charge is -2.35. The molecule has 0 spiro atoms. The molecule has 1 fully saturated rings. The molecule has 1 N–H and O–H groups in total. The summed E-state index contributed by atoms with van der Waals surface area (Å²) in [6.07, 6.45) is 1.65. The van der Waals surface area contributed by atoms with Gasteiger partial charge < -0.3 is 9.80 Å². The lowest BCUT2D eigenvalue weighted by molar-refractivity contribution is 0.0746. The Balaban J connectivity index is 1.66.